The zero-order valence-corrected chi connectivity index (χ0v) is 21.2. The number of hydrogen-bond acceptors (Lipinski definition) is 5. The van der Waals surface area contributed by atoms with Gasteiger partial charge in [-0.1, -0.05) is 37.6 Å². The highest BCUT2D eigenvalue weighted by Gasteiger charge is 2.26. The van der Waals surface area contributed by atoms with Gasteiger partial charge in [0.2, 0.25) is 5.91 Å². The van der Waals surface area contributed by atoms with Crippen molar-refractivity contribution >= 4 is 34.1 Å². The van der Waals surface area contributed by atoms with E-state index in [1.807, 2.05) is 44.2 Å². The summed E-state index contributed by atoms with van der Waals surface area (Å²) >= 11 is 6.25. The number of nitrogens with one attached hydrogen (secondary N) is 1. The summed E-state index contributed by atoms with van der Waals surface area (Å²) in [5, 5.41) is 5.95. The Labute approximate surface area is 205 Å². The molecule has 3 aromatic rings. The van der Waals surface area contributed by atoms with Crippen molar-refractivity contribution in [3.8, 4) is 11.4 Å². The molecule has 180 valence electrons. The maximum absolute atomic E-state index is 14.0. The van der Waals surface area contributed by atoms with Crippen LogP contribution in [0.3, 0.4) is 0 Å². The molecule has 1 amide bonds. The molecule has 1 aliphatic heterocycles. The van der Waals surface area contributed by atoms with Gasteiger partial charge in [-0.15, -0.1) is 0 Å². The second-order valence-corrected chi connectivity index (χ2v) is 10.4. The lowest BCUT2D eigenvalue weighted by Crippen LogP contribution is -2.50. The minimum absolute atomic E-state index is 0.101. The molecule has 7 nitrogen and oxygen atoms in total. The fourth-order valence-corrected chi connectivity index (χ4v) is 4.81. The number of amides is 1. The van der Waals surface area contributed by atoms with Crippen LogP contribution in [0.25, 0.3) is 22.3 Å². The second-order valence-electron chi connectivity index (χ2n) is 9.98. The molecule has 8 heteroatoms. The smallest absolute Gasteiger partial charge is 0.280 e. The van der Waals surface area contributed by atoms with Gasteiger partial charge in [-0.3, -0.25) is 9.59 Å². The van der Waals surface area contributed by atoms with Gasteiger partial charge in [0.1, 0.15) is 0 Å². The van der Waals surface area contributed by atoms with Gasteiger partial charge in [-0.05, 0) is 49.6 Å². The number of anilines is 1. The molecule has 1 aliphatic rings. The van der Waals surface area contributed by atoms with Crippen LogP contribution < -0.4 is 20.8 Å². The molecule has 1 aromatic heterocycles. The monoisotopic (exact) mass is 481 g/mol. The molecule has 0 spiro atoms. The van der Waals surface area contributed by atoms with Gasteiger partial charge >= 0.3 is 0 Å². The Morgan fingerprint density at radius 3 is 2.65 bits per heavy atom. The first-order valence-electron chi connectivity index (χ1n) is 11.7. The van der Waals surface area contributed by atoms with Crippen molar-refractivity contribution < 1.29 is 4.79 Å². The third-order valence-corrected chi connectivity index (χ3v) is 6.32. The minimum atomic E-state index is -0.280. The molecule has 0 saturated carbocycles. The third kappa shape index (κ3) is 4.81. The fourth-order valence-electron chi connectivity index (χ4n) is 4.62. The standard InChI is InChI=1S/C26H32ClN5O2/c1-17(2)31(18(3)33)32-24(19-7-6-8-20(27)13-19)29-23-10-9-21(14-22(23)25(32)34)30-12-11-28-15-26(4,5)16-30/h6-10,13-14,17,28H,11-12,15-16H2,1-5H3. The largest absolute Gasteiger partial charge is 0.370 e. The highest BCUT2D eigenvalue weighted by Crippen LogP contribution is 2.27. The highest BCUT2D eigenvalue weighted by molar-refractivity contribution is 6.30. The van der Waals surface area contributed by atoms with Crippen molar-refractivity contribution in [2.75, 3.05) is 36.1 Å². The molecule has 0 atom stereocenters. The minimum Gasteiger partial charge on any atom is -0.370 e. The first-order chi connectivity index (χ1) is 16.1. The molecule has 34 heavy (non-hydrogen) atoms. The van der Waals surface area contributed by atoms with E-state index in [0.717, 1.165) is 31.9 Å². The molecule has 4 rings (SSSR count). The Morgan fingerprint density at radius 1 is 1.21 bits per heavy atom. The number of carbonyl (C=O) groups is 1. The molecule has 0 unspecified atom stereocenters. The number of fused-ring (bicyclic) bond motifs is 1. The molecule has 0 radical (unpaired) electrons. The maximum Gasteiger partial charge on any atom is 0.280 e. The molecule has 2 aromatic carbocycles. The van der Waals surface area contributed by atoms with E-state index in [2.05, 4.69) is 24.1 Å². The fraction of sp³-hybridized carbons (Fsp3) is 0.423. The van der Waals surface area contributed by atoms with E-state index in [1.165, 1.54) is 16.6 Å². The lowest BCUT2D eigenvalue weighted by Gasteiger charge is -2.31. The van der Waals surface area contributed by atoms with Crippen LogP contribution >= 0.6 is 11.6 Å². The molecule has 1 saturated heterocycles. The molecule has 0 aliphatic carbocycles. The lowest BCUT2D eigenvalue weighted by atomic mass is 9.93. The van der Waals surface area contributed by atoms with Crippen LogP contribution in [0.1, 0.15) is 34.6 Å². The van der Waals surface area contributed by atoms with E-state index < -0.39 is 0 Å². The van der Waals surface area contributed by atoms with Crippen molar-refractivity contribution in [2.45, 2.75) is 40.7 Å². The normalized spacial score (nSPS) is 16.0. The van der Waals surface area contributed by atoms with Gasteiger partial charge in [0.25, 0.3) is 5.56 Å². The number of halogens is 1. The zero-order valence-electron chi connectivity index (χ0n) is 20.4. The maximum atomic E-state index is 14.0. The van der Waals surface area contributed by atoms with Crippen molar-refractivity contribution in [3.63, 3.8) is 0 Å². The summed E-state index contributed by atoms with van der Waals surface area (Å²) in [5.41, 5.74) is 2.05. The van der Waals surface area contributed by atoms with Crippen LogP contribution in [0, 0.1) is 5.41 Å². The van der Waals surface area contributed by atoms with Crippen LogP contribution in [0.4, 0.5) is 5.69 Å². The Hall–Kier alpha value is -2.90. The number of hydrogen-bond donors (Lipinski definition) is 1. The second kappa shape index (κ2) is 9.39. The summed E-state index contributed by atoms with van der Waals surface area (Å²) in [7, 11) is 0. The highest BCUT2D eigenvalue weighted by atomic mass is 35.5. The molecule has 1 fully saturated rings. The van der Waals surface area contributed by atoms with Gasteiger partial charge in [-0.25, -0.2) is 9.99 Å². The number of benzene rings is 2. The van der Waals surface area contributed by atoms with Crippen LogP contribution in [-0.2, 0) is 4.79 Å². The number of carbonyl (C=O) groups excluding carboxylic acids is 1. The van der Waals surface area contributed by atoms with Crippen molar-refractivity contribution in [1.82, 2.24) is 15.0 Å². The van der Waals surface area contributed by atoms with E-state index >= 15 is 0 Å². The predicted molar refractivity (Wildman–Crippen MR) is 139 cm³/mol. The van der Waals surface area contributed by atoms with Gasteiger partial charge in [0.15, 0.2) is 5.82 Å². The molecule has 1 N–H and O–H groups in total. The molecular formula is C26H32ClN5O2. The number of rotatable bonds is 4. The number of nitrogens with zero attached hydrogens (tertiary/aromatic N) is 4. The summed E-state index contributed by atoms with van der Waals surface area (Å²) < 4.78 is 1.40. The molecular weight excluding hydrogens is 450 g/mol. The van der Waals surface area contributed by atoms with Gasteiger partial charge in [0, 0.05) is 55.4 Å². The first kappa shape index (κ1) is 24.2. The van der Waals surface area contributed by atoms with E-state index in [9.17, 15) is 9.59 Å². The van der Waals surface area contributed by atoms with Gasteiger partial charge in [0.05, 0.1) is 10.9 Å². The summed E-state index contributed by atoms with van der Waals surface area (Å²) in [6.45, 7) is 13.2. The lowest BCUT2D eigenvalue weighted by molar-refractivity contribution is -0.118. The van der Waals surface area contributed by atoms with E-state index in [-0.39, 0.29) is 22.9 Å². The summed E-state index contributed by atoms with van der Waals surface area (Å²) in [6.07, 6.45) is 0. The first-order valence-corrected chi connectivity index (χ1v) is 12.0. The average molecular weight is 482 g/mol. The van der Waals surface area contributed by atoms with E-state index in [0.29, 0.717) is 27.3 Å². The summed E-state index contributed by atoms with van der Waals surface area (Å²) in [6, 6.07) is 12.8. The Bertz CT molecular complexity index is 1280. The van der Waals surface area contributed by atoms with Crippen molar-refractivity contribution in [2.24, 2.45) is 5.41 Å². The molecule has 2 heterocycles. The Morgan fingerprint density at radius 2 is 1.97 bits per heavy atom. The van der Waals surface area contributed by atoms with Crippen molar-refractivity contribution in [1.29, 1.82) is 0 Å². The Balaban J connectivity index is 1.95. The quantitative estimate of drug-likeness (QED) is 0.608. The van der Waals surface area contributed by atoms with Crippen LogP contribution in [0.5, 0.6) is 0 Å². The van der Waals surface area contributed by atoms with E-state index in [1.54, 1.807) is 12.1 Å². The summed E-state index contributed by atoms with van der Waals surface area (Å²) in [5.74, 6) is 0.148. The predicted octanol–water partition coefficient (Wildman–Crippen LogP) is 4.05. The van der Waals surface area contributed by atoms with Crippen molar-refractivity contribution in [3.05, 3.63) is 57.8 Å². The Kier molecular flexibility index (Phi) is 6.69. The average Bonchev–Trinajstić information content (AvgIpc) is 2.95. The summed E-state index contributed by atoms with van der Waals surface area (Å²) in [4.78, 5) is 33.7. The van der Waals surface area contributed by atoms with E-state index in [4.69, 9.17) is 16.6 Å². The van der Waals surface area contributed by atoms with Gasteiger partial charge < -0.3 is 10.2 Å². The van der Waals surface area contributed by atoms with Crippen LogP contribution in [0.2, 0.25) is 5.02 Å². The zero-order chi connectivity index (χ0) is 24.6. The topological polar surface area (TPSA) is 70.5 Å². The third-order valence-electron chi connectivity index (χ3n) is 6.09. The SMILES string of the molecule is CC(=O)N(C(C)C)n1c(-c2cccc(Cl)c2)nc2ccc(N3CCNCC(C)(C)C3)cc2c1=O. The van der Waals surface area contributed by atoms with Gasteiger partial charge in [-0.2, -0.15) is 4.68 Å². The van der Waals surface area contributed by atoms with Crippen LogP contribution in [0.15, 0.2) is 47.3 Å². The van der Waals surface area contributed by atoms with Crippen LogP contribution in [-0.4, -0.2) is 47.8 Å². The number of aromatic nitrogens is 2. The molecule has 0 bridgehead atoms.